The third-order valence-corrected chi connectivity index (χ3v) is 5.31. The standard InChI is InChI=1S/C23H31FN4O3/c1-25-23(26-15-17-5-4-6-19(24)13-17)27-16-20(28-9-11-31-12-10-28)18-7-8-21(29-2)22(14-18)30-3/h4-8,13-14,20H,9-12,15-16H2,1-3H3,(H2,25,26,27). The maximum Gasteiger partial charge on any atom is 0.191 e. The number of nitrogens with one attached hydrogen (secondary N) is 2. The maximum atomic E-state index is 13.4. The van der Waals surface area contributed by atoms with E-state index in [-0.39, 0.29) is 11.9 Å². The lowest BCUT2D eigenvalue weighted by molar-refractivity contribution is 0.0169. The molecule has 1 atom stereocenters. The van der Waals surface area contributed by atoms with E-state index in [9.17, 15) is 4.39 Å². The van der Waals surface area contributed by atoms with Crippen LogP contribution in [0.3, 0.4) is 0 Å². The summed E-state index contributed by atoms with van der Waals surface area (Å²) in [7, 11) is 5.00. The molecular formula is C23H31FN4O3. The molecule has 1 heterocycles. The Morgan fingerprint density at radius 1 is 1.10 bits per heavy atom. The molecule has 1 unspecified atom stereocenters. The average Bonchev–Trinajstić information content (AvgIpc) is 2.81. The molecule has 0 amide bonds. The molecule has 1 aliphatic heterocycles. The first-order chi connectivity index (χ1) is 15.1. The fourth-order valence-electron chi connectivity index (χ4n) is 3.65. The number of methoxy groups -OCH3 is 2. The van der Waals surface area contributed by atoms with Gasteiger partial charge in [-0.1, -0.05) is 18.2 Å². The first kappa shape index (κ1) is 22.8. The number of nitrogens with zero attached hydrogens (tertiary/aromatic N) is 2. The minimum Gasteiger partial charge on any atom is -0.493 e. The minimum atomic E-state index is -0.247. The van der Waals surface area contributed by atoms with Crippen molar-refractivity contribution in [3.05, 3.63) is 59.4 Å². The lowest BCUT2D eigenvalue weighted by Gasteiger charge is -2.35. The van der Waals surface area contributed by atoms with Gasteiger partial charge in [-0.2, -0.15) is 0 Å². The number of morpholine rings is 1. The van der Waals surface area contributed by atoms with Gasteiger partial charge in [0.15, 0.2) is 17.5 Å². The first-order valence-corrected chi connectivity index (χ1v) is 10.4. The lowest BCUT2D eigenvalue weighted by Crippen LogP contribution is -2.46. The van der Waals surface area contributed by atoms with E-state index in [1.165, 1.54) is 12.1 Å². The molecule has 0 radical (unpaired) electrons. The van der Waals surface area contributed by atoms with Gasteiger partial charge in [0.25, 0.3) is 0 Å². The second-order valence-electron chi connectivity index (χ2n) is 7.22. The van der Waals surface area contributed by atoms with Crippen LogP contribution in [0.15, 0.2) is 47.5 Å². The van der Waals surface area contributed by atoms with Crippen molar-refractivity contribution in [2.24, 2.45) is 4.99 Å². The molecule has 0 aromatic heterocycles. The van der Waals surface area contributed by atoms with Crippen LogP contribution in [0, 0.1) is 5.82 Å². The molecule has 0 spiro atoms. The number of hydrogen-bond donors (Lipinski definition) is 2. The van der Waals surface area contributed by atoms with Gasteiger partial charge in [0.2, 0.25) is 0 Å². The zero-order valence-electron chi connectivity index (χ0n) is 18.4. The molecular weight excluding hydrogens is 399 g/mol. The van der Waals surface area contributed by atoms with Crippen molar-refractivity contribution in [3.8, 4) is 11.5 Å². The van der Waals surface area contributed by atoms with Crippen molar-refractivity contribution in [2.45, 2.75) is 12.6 Å². The van der Waals surface area contributed by atoms with E-state index < -0.39 is 0 Å². The summed E-state index contributed by atoms with van der Waals surface area (Å²) in [6.45, 7) is 4.22. The van der Waals surface area contributed by atoms with Gasteiger partial charge in [0.1, 0.15) is 5.82 Å². The monoisotopic (exact) mass is 430 g/mol. The van der Waals surface area contributed by atoms with Crippen LogP contribution in [-0.4, -0.2) is 65.0 Å². The van der Waals surface area contributed by atoms with Crippen molar-refractivity contribution in [2.75, 3.05) is 54.1 Å². The predicted octanol–water partition coefficient (Wildman–Crippen LogP) is 2.58. The quantitative estimate of drug-likeness (QED) is 0.496. The highest BCUT2D eigenvalue weighted by Crippen LogP contribution is 2.32. The Bertz CT molecular complexity index is 872. The van der Waals surface area contributed by atoms with Gasteiger partial charge >= 0.3 is 0 Å². The molecule has 0 aliphatic carbocycles. The number of hydrogen-bond acceptors (Lipinski definition) is 5. The highest BCUT2D eigenvalue weighted by Gasteiger charge is 2.24. The molecule has 2 aromatic carbocycles. The van der Waals surface area contributed by atoms with Crippen LogP contribution in [-0.2, 0) is 11.3 Å². The Kier molecular flexibility index (Phi) is 8.49. The molecule has 0 saturated carbocycles. The van der Waals surface area contributed by atoms with Crippen LogP contribution in [0.4, 0.5) is 4.39 Å². The van der Waals surface area contributed by atoms with Gasteiger partial charge in [0, 0.05) is 33.2 Å². The summed E-state index contributed by atoms with van der Waals surface area (Å²) in [4.78, 5) is 6.70. The van der Waals surface area contributed by atoms with Crippen LogP contribution in [0.2, 0.25) is 0 Å². The maximum absolute atomic E-state index is 13.4. The highest BCUT2D eigenvalue weighted by atomic mass is 19.1. The van der Waals surface area contributed by atoms with Crippen LogP contribution >= 0.6 is 0 Å². The summed E-state index contributed by atoms with van der Waals surface area (Å²) in [5, 5.41) is 6.65. The highest BCUT2D eigenvalue weighted by molar-refractivity contribution is 5.79. The summed E-state index contributed by atoms with van der Waals surface area (Å²) < 4.78 is 29.9. The van der Waals surface area contributed by atoms with Gasteiger partial charge in [-0.05, 0) is 35.4 Å². The fraction of sp³-hybridized carbons (Fsp3) is 0.435. The SMILES string of the molecule is CN=C(NCc1cccc(F)c1)NCC(c1ccc(OC)c(OC)c1)N1CCOCC1. The van der Waals surface area contributed by atoms with Crippen molar-refractivity contribution in [1.82, 2.24) is 15.5 Å². The topological polar surface area (TPSA) is 67.4 Å². The van der Waals surface area contributed by atoms with Gasteiger partial charge in [-0.3, -0.25) is 9.89 Å². The molecule has 3 rings (SSSR count). The van der Waals surface area contributed by atoms with E-state index in [1.807, 2.05) is 18.2 Å². The number of aliphatic imine (C=N–C) groups is 1. The number of halogens is 1. The largest absolute Gasteiger partial charge is 0.493 e. The average molecular weight is 431 g/mol. The molecule has 1 fully saturated rings. The van der Waals surface area contributed by atoms with E-state index >= 15 is 0 Å². The van der Waals surface area contributed by atoms with Crippen molar-refractivity contribution >= 4 is 5.96 Å². The van der Waals surface area contributed by atoms with Gasteiger partial charge in [0.05, 0.1) is 33.5 Å². The molecule has 2 aromatic rings. The smallest absolute Gasteiger partial charge is 0.191 e. The Labute approximate surface area is 183 Å². The molecule has 1 aliphatic rings. The molecule has 2 N–H and O–H groups in total. The summed E-state index contributed by atoms with van der Waals surface area (Å²) in [6, 6.07) is 12.6. The van der Waals surface area contributed by atoms with Crippen molar-refractivity contribution in [3.63, 3.8) is 0 Å². The van der Waals surface area contributed by atoms with E-state index in [2.05, 4.69) is 26.6 Å². The molecule has 31 heavy (non-hydrogen) atoms. The van der Waals surface area contributed by atoms with E-state index in [4.69, 9.17) is 14.2 Å². The molecule has 8 heteroatoms. The molecule has 1 saturated heterocycles. The Morgan fingerprint density at radius 3 is 2.55 bits per heavy atom. The number of guanidine groups is 1. The third-order valence-electron chi connectivity index (χ3n) is 5.31. The van der Waals surface area contributed by atoms with Gasteiger partial charge in [-0.15, -0.1) is 0 Å². The first-order valence-electron chi connectivity index (χ1n) is 10.4. The van der Waals surface area contributed by atoms with Crippen LogP contribution in [0.5, 0.6) is 11.5 Å². The van der Waals surface area contributed by atoms with E-state index in [1.54, 1.807) is 27.3 Å². The van der Waals surface area contributed by atoms with Gasteiger partial charge in [-0.25, -0.2) is 4.39 Å². The molecule has 7 nitrogen and oxygen atoms in total. The number of rotatable bonds is 8. The molecule has 168 valence electrons. The van der Waals surface area contributed by atoms with Crippen LogP contribution in [0.25, 0.3) is 0 Å². The Morgan fingerprint density at radius 2 is 1.87 bits per heavy atom. The number of ether oxygens (including phenoxy) is 3. The minimum absolute atomic E-state index is 0.0939. The van der Waals surface area contributed by atoms with E-state index in [0.717, 1.165) is 24.2 Å². The molecule has 0 bridgehead atoms. The van der Waals surface area contributed by atoms with Crippen molar-refractivity contribution in [1.29, 1.82) is 0 Å². The van der Waals surface area contributed by atoms with Crippen LogP contribution in [0.1, 0.15) is 17.2 Å². The van der Waals surface area contributed by atoms with Crippen LogP contribution < -0.4 is 20.1 Å². The summed E-state index contributed by atoms with van der Waals surface area (Å²) >= 11 is 0. The Balaban J connectivity index is 1.70. The fourth-order valence-corrected chi connectivity index (χ4v) is 3.65. The summed E-state index contributed by atoms with van der Waals surface area (Å²) in [5.41, 5.74) is 1.97. The van der Waals surface area contributed by atoms with E-state index in [0.29, 0.717) is 43.8 Å². The Hall–Kier alpha value is -2.84. The summed E-state index contributed by atoms with van der Waals surface area (Å²) in [5.74, 6) is 1.81. The zero-order chi connectivity index (χ0) is 22.1. The third kappa shape index (κ3) is 6.32. The lowest BCUT2D eigenvalue weighted by atomic mass is 10.0. The van der Waals surface area contributed by atoms with Crippen molar-refractivity contribution < 1.29 is 18.6 Å². The second-order valence-corrected chi connectivity index (χ2v) is 7.22. The van der Waals surface area contributed by atoms with Gasteiger partial charge < -0.3 is 24.8 Å². The predicted molar refractivity (Wildman–Crippen MR) is 119 cm³/mol. The zero-order valence-corrected chi connectivity index (χ0v) is 18.4. The second kappa shape index (κ2) is 11.5. The summed E-state index contributed by atoms with van der Waals surface area (Å²) in [6.07, 6.45) is 0. The normalized spacial score (nSPS) is 15.9. The number of benzene rings is 2.